The summed E-state index contributed by atoms with van der Waals surface area (Å²) in [6.45, 7) is 6.70. The average Bonchev–Trinajstić information content (AvgIpc) is 2.86. The number of hydrogen-bond donors (Lipinski definition) is 2. The Hall–Kier alpha value is -3.47. The number of carboxylic acid groups (broad SMARTS) is 1. The van der Waals surface area contributed by atoms with Crippen molar-refractivity contribution in [2.75, 3.05) is 23.3 Å². The molecule has 5 nitrogen and oxygen atoms in total. The molecule has 5 heteroatoms. The molecule has 0 aromatic heterocycles. The van der Waals surface area contributed by atoms with Crippen LogP contribution in [-0.2, 0) is 12.8 Å². The normalized spacial score (nSPS) is 11.7. The lowest BCUT2D eigenvalue weighted by atomic mass is 10.0. The molecule has 0 saturated carbocycles. The minimum Gasteiger partial charge on any atom is -0.478 e. The smallest absolute Gasteiger partial charge is 0.337 e. The van der Waals surface area contributed by atoms with E-state index in [4.69, 9.17) is 4.74 Å². The topological polar surface area (TPSA) is 61.8 Å². The molecule has 0 aliphatic carbocycles. The van der Waals surface area contributed by atoms with Crippen molar-refractivity contribution in [1.82, 2.24) is 0 Å². The van der Waals surface area contributed by atoms with E-state index >= 15 is 0 Å². The van der Waals surface area contributed by atoms with Gasteiger partial charge in [-0.1, -0.05) is 51.0 Å². The van der Waals surface area contributed by atoms with Crippen molar-refractivity contribution < 1.29 is 14.6 Å². The van der Waals surface area contributed by atoms with Crippen LogP contribution in [0.15, 0.2) is 60.7 Å². The van der Waals surface area contributed by atoms with Crippen LogP contribution in [0.3, 0.4) is 0 Å². The molecule has 0 amide bonds. The van der Waals surface area contributed by atoms with E-state index in [-0.39, 0.29) is 5.56 Å². The van der Waals surface area contributed by atoms with Crippen molar-refractivity contribution in [3.63, 3.8) is 0 Å². The highest BCUT2D eigenvalue weighted by atomic mass is 16.5. The molecule has 1 aliphatic rings. The Bertz CT molecular complexity index is 1130. The molecule has 3 aromatic carbocycles. The third kappa shape index (κ3) is 5.53. The van der Waals surface area contributed by atoms with Crippen LogP contribution < -0.4 is 15.0 Å². The fourth-order valence-corrected chi connectivity index (χ4v) is 4.36. The zero-order valence-corrected chi connectivity index (χ0v) is 20.1. The first-order valence-electron chi connectivity index (χ1n) is 12.4. The van der Waals surface area contributed by atoms with E-state index in [1.54, 1.807) is 18.2 Å². The minimum atomic E-state index is -0.973. The molecule has 0 atom stereocenters. The van der Waals surface area contributed by atoms with Crippen molar-refractivity contribution in [3.05, 3.63) is 77.4 Å². The number of aryl methyl sites for hydroxylation is 2. The molecule has 2 N–H and O–H groups in total. The van der Waals surface area contributed by atoms with Crippen LogP contribution in [0, 0.1) is 0 Å². The first-order valence-corrected chi connectivity index (χ1v) is 12.4. The molecule has 1 heterocycles. The van der Waals surface area contributed by atoms with Crippen LogP contribution >= 0.6 is 0 Å². The highest BCUT2D eigenvalue weighted by Gasteiger charge is 2.22. The zero-order valence-electron chi connectivity index (χ0n) is 20.1. The van der Waals surface area contributed by atoms with Crippen LogP contribution in [0.25, 0.3) is 0 Å². The average molecular weight is 459 g/mol. The standard InChI is InChI=1S/C29H34N2O3/c1-3-5-17-31(18-6-4-2)23-10-7-9-21(19-23)13-14-22-15-16-26-25(20-22)30-28-24(29(32)33)11-8-12-27(28)34-26/h7-12,15-16,19-20,30H,3-6,13-14,17-18H2,1-2H3,(H,32,33). The first-order chi connectivity index (χ1) is 16.6. The SMILES string of the molecule is CCCCN(CCCC)c1cccc(CCc2ccc3c(c2)Nc2c(cccc2C(=O)O)O3)c1. The summed E-state index contributed by atoms with van der Waals surface area (Å²) in [5, 5.41) is 12.8. The fraction of sp³-hybridized carbons (Fsp3) is 0.345. The number of ether oxygens (including phenoxy) is 1. The van der Waals surface area contributed by atoms with Crippen molar-refractivity contribution in [1.29, 1.82) is 0 Å². The number of fused-ring (bicyclic) bond motifs is 2. The van der Waals surface area contributed by atoms with Gasteiger partial charge in [-0.05, 0) is 73.2 Å². The molecule has 0 saturated heterocycles. The van der Waals surface area contributed by atoms with E-state index in [0.717, 1.165) is 31.6 Å². The van der Waals surface area contributed by atoms with Gasteiger partial charge in [0.15, 0.2) is 11.5 Å². The number of carboxylic acids is 1. The van der Waals surface area contributed by atoms with Crippen molar-refractivity contribution in [2.24, 2.45) is 0 Å². The number of rotatable bonds is 11. The number of para-hydroxylation sites is 1. The summed E-state index contributed by atoms with van der Waals surface area (Å²) in [6, 6.07) is 20.1. The van der Waals surface area contributed by atoms with E-state index in [0.29, 0.717) is 17.2 Å². The number of nitrogens with zero attached hydrogens (tertiary/aromatic N) is 1. The number of carbonyl (C=O) groups is 1. The number of aromatic carboxylic acids is 1. The van der Waals surface area contributed by atoms with Gasteiger partial charge in [-0.3, -0.25) is 0 Å². The number of unbranched alkanes of at least 4 members (excludes halogenated alkanes) is 2. The van der Waals surface area contributed by atoms with E-state index < -0.39 is 5.97 Å². The van der Waals surface area contributed by atoms with Gasteiger partial charge in [-0.15, -0.1) is 0 Å². The number of benzene rings is 3. The molecule has 34 heavy (non-hydrogen) atoms. The summed E-state index contributed by atoms with van der Waals surface area (Å²) >= 11 is 0. The van der Waals surface area contributed by atoms with Crippen molar-refractivity contribution >= 4 is 23.0 Å². The summed E-state index contributed by atoms with van der Waals surface area (Å²) in [5.74, 6) is 0.273. The highest BCUT2D eigenvalue weighted by molar-refractivity contribution is 5.98. The summed E-state index contributed by atoms with van der Waals surface area (Å²) in [4.78, 5) is 14.1. The molecule has 0 bridgehead atoms. The third-order valence-electron chi connectivity index (χ3n) is 6.32. The second-order valence-electron chi connectivity index (χ2n) is 8.91. The van der Waals surface area contributed by atoms with Crippen LogP contribution in [0.2, 0.25) is 0 Å². The Labute approximate surface area is 202 Å². The Morgan fingerprint density at radius 3 is 2.29 bits per heavy atom. The molecule has 0 fully saturated rings. The number of nitrogens with one attached hydrogen (secondary N) is 1. The predicted octanol–water partition coefficient (Wildman–Crippen LogP) is 7.43. The van der Waals surface area contributed by atoms with Gasteiger partial charge < -0.3 is 20.1 Å². The molecular formula is C29H34N2O3. The molecule has 0 radical (unpaired) electrons. The number of anilines is 3. The molecule has 178 valence electrons. The number of hydrogen-bond acceptors (Lipinski definition) is 4. The summed E-state index contributed by atoms with van der Waals surface area (Å²) in [5.41, 5.74) is 5.35. The van der Waals surface area contributed by atoms with Gasteiger partial charge in [0, 0.05) is 18.8 Å². The van der Waals surface area contributed by atoms with Crippen molar-refractivity contribution in [2.45, 2.75) is 52.4 Å². The molecule has 4 rings (SSSR count). The van der Waals surface area contributed by atoms with Gasteiger partial charge in [0.05, 0.1) is 16.9 Å². The van der Waals surface area contributed by atoms with Crippen LogP contribution in [0.1, 0.15) is 61.0 Å². The molecule has 0 spiro atoms. The van der Waals surface area contributed by atoms with Gasteiger partial charge in [0.1, 0.15) is 0 Å². The predicted molar refractivity (Wildman–Crippen MR) is 139 cm³/mol. The second kappa shape index (κ2) is 11.1. The fourth-order valence-electron chi connectivity index (χ4n) is 4.36. The molecule has 0 unspecified atom stereocenters. The lowest BCUT2D eigenvalue weighted by Gasteiger charge is -2.25. The van der Waals surface area contributed by atoms with Gasteiger partial charge in [-0.2, -0.15) is 0 Å². The minimum absolute atomic E-state index is 0.209. The molecule has 3 aromatic rings. The van der Waals surface area contributed by atoms with Crippen LogP contribution in [0.4, 0.5) is 17.1 Å². The van der Waals surface area contributed by atoms with Crippen LogP contribution in [-0.4, -0.2) is 24.2 Å². The summed E-state index contributed by atoms with van der Waals surface area (Å²) in [7, 11) is 0. The lowest BCUT2D eigenvalue weighted by Crippen LogP contribution is -2.25. The summed E-state index contributed by atoms with van der Waals surface area (Å²) in [6.07, 6.45) is 6.68. The largest absolute Gasteiger partial charge is 0.478 e. The quantitative estimate of drug-likeness (QED) is 0.245. The van der Waals surface area contributed by atoms with E-state index in [1.807, 2.05) is 6.07 Å². The van der Waals surface area contributed by atoms with Gasteiger partial charge in [0.25, 0.3) is 0 Å². The van der Waals surface area contributed by atoms with Gasteiger partial charge in [0.2, 0.25) is 0 Å². The Balaban J connectivity index is 1.46. The van der Waals surface area contributed by atoms with E-state index in [9.17, 15) is 9.90 Å². The van der Waals surface area contributed by atoms with Crippen molar-refractivity contribution in [3.8, 4) is 11.5 Å². The van der Waals surface area contributed by atoms with E-state index in [2.05, 4.69) is 60.5 Å². The Kier molecular flexibility index (Phi) is 7.73. The first kappa shape index (κ1) is 23.7. The second-order valence-corrected chi connectivity index (χ2v) is 8.91. The summed E-state index contributed by atoms with van der Waals surface area (Å²) < 4.78 is 5.96. The monoisotopic (exact) mass is 458 g/mol. The lowest BCUT2D eigenvalue weighted by molar-refractivity contribution is 0.0697. The third-order valence-corrected chi connectivity index (χ3v) is 6.32. The van der Waals surface area contributed by atoms with Gasteiger partial charge in [-0.25, -0.2) is 4.79 Å². The molecule has 1 aliphatic heterocycles. The van der Waals surface area contributed by atoms with Gasteiger partial charge >= 0.3 is 5.97 Å². The maximum atomic E-state index is 11.6. The van der Waals surface area contributed by atoms with E-state index in [1.165, 1.54) is 42.5 Å². The zero-order chi connectivity index (χ0) is 23.9. The Morgan fingerprint density at radius 2 is 1.59 bits per heavy atom. The Morgan fingerprint density at radius 1 is 0.882 bits per heavy atom. The maximum absolute atomic E-state index is 11.6. The maximum Gasteiger partial charge on any atom is 0.337 e. The molecular weight excluding hydrogens is 424 g/mol. The van der Waals surface area contributed by atoms with Crippen LogP contribution in [0.5, 0.6) is 11.5 Å². The highest BCUT2D eigenvalue weighted by Crippen LogP contribution is 2.43.